The number of nitrogens with one attached hydrogen (secondary N) is 2. The standard InChI is InChI=1S/C21H13FN6O.2C2HF3O2/c1-29-12-7-11(9-23)17(15(22)8-12)21-27-18-13-4-6-24-10-16(13)26-20-14(19(18)28-21)3-2-5-25-20;2*3-2(4,5)1(6)7/h2-8,10H,1H3,(H,25,26)(H,27,28);2*(H,6,7). The number of methoxy groups -OCH3 is 1. The number of nitriles is 1. The molecule has 0 saturated carbocycles. The van der Waals surface area contributed by atoms with Crippen LogP contribution in [0.4, 0.5) is 42.2 Å². The summed E-state index contributed by atoms with van der Waals surface area (Å²) in [5, 5.41) is 27.1. The Labute approximate surface area is 235 Å². The maximum absolute atomic E-state index is 14.9. The number of carbonyl (C=O) groups is 2. The van der Waals surface area contributed by atoms with E-state index in [4.69, 9.17) is 24.5 Å². The number of hydrogen-bond acceptors (Lipinski definition) is 8. The van der Waals surface area contributed by atoms with Gasteiger partial charge in [0.25, 0.3) is 0 Å². The van der Waals surface area contributed by atoms with Gasteiger partial charge in [-0.05, 0) is 24.3 Å². The molecule has 4 aromatic rings. The van der Waals surface area contributed by atoms with Gasteiger partial charge in [-0.1, -0.05) is 0 Å². The second-order valence-corrected chi connectivity index (χ2v) is 8.00. The number of nitrogens with zero attached hydrogens (tertiary/aromatic N) is 4. The van der Waals surface area contributed by atoms with Crippen molar-refractivity contribution in [1.82, 2.24) is 19.9 Å². The van der Waals surface area contributed by atoms with Crippen molar-refractivity contribution in [2.75, 3.05) is 12.4 Å². The molecule has 224 valence electrons. The number of halogens is 7. The van der Waals surface area contributed by atoms with Crippen LogP contribution in [0.3, 0.4) is 0 Å². The van der Waals surface area contributed by atoms with Gasteiger partial charge in [-0.25, -0.2) is 23.9 Å². The summed E-state index contributed by atoms with van der Waals surface area (Å²) in [4.78, 5) is 34.2. The minimum absolute atomic E-state index is 0.0929. The second kappa shape index (κ2) is 12.4. The smallest absolute Gasteiger partial charge is 0.490 e. The van der Waals surface area contributed by atoms with E-state index < -0.39 is 30.1 Å². The lowest BCUT2D eigenvalue weighted by Crippen LogP contribution is -2.21. The molecule has 1 aromatic carbocycles. The molecule has 4 N–H and O–H groups in total. The zero-order valence-electron chi connectivity index (χ0n) is 21.2. The van der Waals surface area contributed by atoms with Crippen molar-refractivity contribution in [1.29, 1.82) is 5.26 Å². The lowest BCUT2D eigenvalue weighted by molar-refractivity contribution is -0.193. The van der Waals surface area contributed by atoms with Crippen molar-refractivity contribution in [3.05, 3.63) is 60.3 Å². The molecule has 0 unspecified atom stereocenters. The highest BCUT2D eigenvalue weighted by Gasteiger charge is 2.39. The number of ether oxygens (including phenoxy) is 1. The van der Waals surface area contributed by atoms with Crippen molar-refractivity contribution >= 4 is 23.4 Å². The molecule has 0 radical (unpaired) electrons. The topological polar surface area (TPSA) is 174 Å². The van der Waals surface area contributed by atoms with Gasteiger partial charge in [-0.3, -0.25) is 4.98 Å². The third-order valence-electron chi connectivity index (χ3n) is 5.25. The third kappa shape index (κ3) is 7.32. The summed E-state index contributed by atoms with van der Waals surface area (Å²) < 4.78 is 83.4. The first-order valence-electron chi connectivity index (χ1n) is 11.2. The van der Waals surface area contributed by atoms with E-state index in [-0.39, 0.29) is 22.7 Å². The molecule has 0 aliphatic carbocycles. The number of H-pyrrole nitrogens is 1. The predicted molar refractivity (Wildman–Crippen MR) is 132 cm³/mol. The van der Waals surface area contributed by atoms with Crippen LogP contribution in [0, 0.1) is 17.1 Å². The Morgan fingerprint density at radius 1 is 1.00 bits per heavy atom. The van der Waals surface area contributed by atoms with Crippen LogP contribution in [0.5, 0.6) is 5.75 Å². The van der Waals surface area contributed by atoms with Crippen molar-refractivity contribution in [2.45, 2.75) is 12.4 Å². The number of hydrogen-bond donors (Lipinski definition) is 4. The molecular formula is C25H15F7N6O5. The van der Waals surface area contributed by atoms with Crippen molar-refractivity contribution in [3.8, 4) is 45.7 Å². The van der Waals surface area contributed by atoms with Gasteiger partial charge in [0, 0.05) is 29.6 Å². The molecule has 0 atom stereocenters. The minimum Gasteiger partial charge on any atom is -0.497 e. The zero-order valence-corrected chi connectivity index (χ0v) is 21.2. The summed E-state index contributed by atoms with van der Waals surface area (Å²) >= 11 is 0. The molecule has 1 aliphatic rings. The minimum atomic E-state index is -5.08. The first-order valence-corrected chi connectivity index (χ1v) is 11.2. The molecule has 18 heteroatoms. The Balaban J connectivity index is 0.000000303. The molecule has 4 heterocycles. The SMILES string of the molecule is COc1cc(F)c(-c2nc3c([nH]2)-c2ccncc2Nc2ncccc2-3)c(C#N)c1.O=C(O)C(F)(F)F.O=C(O)C(F)(F)F. The first-order chi connectivity index (χ1) is 20.1. The molecule has 0 spiro atoms. The second-order valence-electron chi connectivity index (χ2n) is 8.00. The average Bonchev–Trinajstić information content (AvgIpc) is 3.32. The van der Waals surface area contributed by atoms with E-state index in [9.17, 15) is 36.0 Å². The Bertz CT molecular complexity index is 1630. The highest BCUT2D eigenvalue weighted by molar-refractivity contribution is 5.95. The summed E-state index contributed by atoms with van der Waals surface area (Å²) in [7, 11) is 1.42. The van der Waals surface area contributed by atoms with Gasteiger partial charge in [0.05, 0.1) is 35.8 Å². The maximum atomic E-state index is 14.9. The van der Waals surface area contributed by atoms with Gasteiger partial charge >= 0.3 is 24.3 Å². The Kier molecular flexibility index (Phi) is 9.18. The Morgan fingerprint density at radius 2 is 1.63 bits per heavy atom. The Hall–Kier alpha value is -5.73. The van der Waals surface area contributed by atoms with Crippen LogP contribution < -0.4 is 10.1 Å². The Morgan fingerprint density at radius 3 is 2.19 bits per heavy atom. The highest BCUT2D eigenvalue weighted by atomic mass is 19.4. The number of pyridine rings is 2. The largest absolute Gasteiger partial charge is 0.497 e. The number of aromatic amines is 1. The monoisotopic (exact) mass is 612 g/mol. The van der Waals surface area contributed by atoms with E-state index in [0.29, 0.717) is 17.2 Å². The van der Waals surface area contributed by atoms with E-state index >= 15 is 0 Å². The number of carboxylic acids is 2. The van der Waals surface area contributed by atoms with Gasteiger partial charge in [0.1, 0.15) is 35.0 Å². The predicted octanol–water partition coefficient (Wildman–Crippen LogP) is 5.54. The highest BCUT2D eigenvalue weighted by Crippen LogP contribution is 2.43. The number of imidazole rings is 1. The molecule has 0 saturated heterocycles. The summed E-state index contributed by atoms with van der Waals surface area (Å²) in [6, 6.07) is 10.3. The molecule has 0 amide bonds. The number of rotatable bonds is 2. The molecule has 43 heavy (non-hydrogen) atoms. The van der Waals surface area contributed by atoms with E-state index in [0.717, 1.165) is 16.8 Å². The number of alkyl halides is 6. The lowest BCUT2D eigenvalue weighted by Gasteiger charge is -2.08. The molecule has 1 aliphatic heterocycles. The van der Waals surface area contributed by atoms with Crippen LogP contribution in [0.1, 0.15) is 5.56 Å². The summed E-state index contributed by atoms with van der Waals surface area (Å²) in [6.07, 6.45) is -5.13. The summed E-state index contributed by atoms with van der Waals surface area (Å²) in [5.41, 5.74) is 3.85. The fraction of sp³-hybridized carbons (Fsp3) is 0.120. The van der Waals surface area contributed by atoms with E-state index in [1.807, 2.05) is 24.3 Å². The van der Waals surface area contributed by atoms with Crippen molar-refractivity contribution < 1.29 is 55.3 Å². The quantitative estimate of drug-likeness (QED) is 0.185. The van der Waals surface area contributed by atoms with Crippen LogP contribution in [0.2, 0.25) is 0 Å². The van der Waals surface area contributed by atoms with Gasteiger partial charge in [-0.2, -0.15) is 31.6 Å². The number of aromatic nitrogens is 4. The molecule has 0 fully saturated rings. The average molecular weight is 612 g/mol. The van der Waals surface area contributed by atoms with Crippen LogP contribution in [0.15, 0.2) is 48.9 Å². The summed E-state index contributed by atoms with van der Waals surface area (Å²) in [5.74, 6) is -4.96. The fourth-order valence-corrected chi connectivity index (χ4v) is 3.45. The van der Waals surface area contributed by atoms with Crippen molar-refractivity contribution in [2.24, 2.45) is 0 Å². The molecule has 0 bridgehead atoms. The van der Waals surface area contributed by atoms with E-state index in [1.165, 1.54) is 19.2 Å². The number of aliphatic carboxylic acids is 2. The van der Waals surface area contributed by atoms with E-state index in [2.05, 4.69) is 25.3 Å². The summed E-state index contributed by atoms with van der Waals surface area (Å²) in [6.45, 7) is 0. The third-order valence-corrected chi connectivity index (χ3v) is 5.25. The number of carboxylic acid groups (broad SMARTS) is 2. The number of fused-ring (bicyclic) bond motifs is 5. The number of anilines is 2. The molecule has 3 aromatic heterocycles. The van der Waals surface area contributed by atoms with Gasteiger partial charge in [0.2, 0.25) is 0 Å². The lowest BCUT2D eigenvalue weighted by atomic mass is 10.1. The van der Waals surface area contributed by atoms with Crippen molar-refractivity contribution in [3.63, 3.8) is 0 Å². The van der Waals surface area contributed by atoms with Crippen LogP contribution >= 0.6 is 0 Å². The van der Waals surface area contributed by atoms with Crippen LogP contribution in [0.25, 0.3) is 33.9 Å². The number of benzene rings is 1. The van der Waals surface area contributed by atoms with Crippen LogP contribution in [-0.2, 0) is 9.59 Å². The van der Waals surface area contributed by atoms with Crippen LogP contribution in [-0.4, -0.2) is 61.5 Å². The zero-order chi connectivity index (χ0) is 32.1. The van der Waals surface area contributed by atoms with Gasteiger partial charge in [-0.15, -0.1) is 0 Å². The van der Waals surface area contributed by atoms with Gasteiger partial charge in [0.15, 0.2) is 0 Å². The molecular weight excluding hydrogens is 597 g/mol. The fourth-order valence-electron chi connectivity index (χ4n) is 3.45. The molecule has 11 nitrogen and oxygen atoms in total. The van der Waals surface area contributed by atoms with E-state index in [1.54, 1.807) is 18.6 Å². The van der Waals surface area contributed by atoms with Gasteiger partial charge < -0.3 is 25.3 Å². The first kappa shape index (κ1) is 31.8. The maximum Gasteiger partial charge on any atom is 0.490 e. The normalized spacial score (nSPS) is 11.3. The molecule has 5 rings (SSSR count).